The summed E-state index contributed by atoms with van der Waals surface area (Å²) >= 11 is 0. The van der Waals surface area contributed by atoms with Gasteiger partial charge in [0.2, 0.25) is 0 Å². The molecule has 0 rings (SSSR count). The second-order valence-electron chi connectivity index (χ2n) is 6.24. The molecule has 4 N–H and O–H groups in total. The maximum absolute atomic E-state index is 6.12. The van der Waals surface area contributed by atoms with Crippen molar-refractivity contribution < 1.29 is 4.12 Å². The van der Waals surface area contributed by atoms with Crippen LogP contribution >= 0.6 is 0 Å². The number of rotatable bonds is 11. The third-order valence-electron chi connectivity index (χ3n) is 2.80. The average Bonchev–Trinajstić information content (AvgIpc) is 2.18. The van der Waals surface area contributed by atoms with E-state index in [9.17, 15) is 0 Å². The highest BCUT2D eigenvalue weighted by Gasteiger charge is 2.18. The van der Waals surface area contributed by atoms with Crippen LogP contribution in [-0.2, 0) is 4.12 Å². The van der Waals surface area contributed by atoms with Crippen LogP contribution in [0.1, 0.15) is 44.9 Å². The van der Waals surface area contributed by atoms with Crippen molar-refractivity contribution in [1.29, 1.82) is 0 Å². The van der Waals surface area contributed by atoms with Gasteiger partial charge in [0, 0.05) is 0 Å². The van der Waals surface area contributed by atoms with Crippen molar-refractivity contribution in [3.8, 4) is 0 Å². The third kappa shape index (κ3) is 14.4. The van der Waals surface area contributed by atoms with Gasteiger partial charge < -0.3 is 15.6 Å². The van der Waals surface area contributed by atoms with Gasteiger partial charge in [-0.15, -0.1) is 0 Å². The van der Waals surface area contributed by atoms with Crippen LogP contribution in [0.15, 0.2) is 0 Å². The van der Waals surface area contributed by atoms with E-state index < -0.39 is 17.4 Å². The highest BCUT2D eigenvalue weighted by molar-refractivity contribution is 6.77. The highest BCUT2D eigenvalue weighted by Crippen LogP contribution is 2.13. The second-order valence-corrected chi connectivity index (χ2v) is 13.2. The first-order chi connectivity index (χ1) is 8.31. The quantitative estimate of drug-likeness (QED) is 0.348. The molecule has 18 heavy (non-hydrogen) atoms. The molecular weight excluding hydrogens is 256 g/mol. The van der Waals surface area contributed by atoms with Crippen molar-refractivity contribution in [1.82, 2.24) is 0 Å². The van der Waals surface area contributed by atoms with Crippen molar-refractivity contribution in [2.45, 2.75) is 83.3 Å². The molecule has 0 aromatic carbocycles. The monoisotopic (exact) mass is 289 g/mol. The van der Waals surface area contributed by atoms with Gasteiger partial charge in [-0.05, 0) is 38.7 Å². The topological polar surface area (TPSA) is 61.3 Å². The lowest BCUT2D eigenvalue weighted by Crippen LogP contribution is -2.32. The van der Waals surface area contributed by atoms with Gasteiger partial charge in [0.1, 0.15) is 0 Å². The maximum Gasteiger partial charge on any atom is 0.194 e. The molecule has 0 heterocycles. The lowest BCUT2D eigenvalue weighted by molar-refractivity contribution is 0.536. The molecule has 0 fully saturated rings. The first-order valence-electron chi connectivity index (χ1n) is 7.34. The molecule has 1 radical (unpaired) electrons. The minimum atomic E-state index is -1.30. The molecule has 0 unspecified atom stereocenters. The van der Waals surface area contributed by atoms with Crippen LogP contribution in [0.3, 0.4) is 0 Å². The molecule has 109 valence electrons. The third-order valence-corrected chi connectivity index (χ3v) is 7.70. The van der Waals surface area contributed by atoms with Crippen molar-refractivity contribution in [3.63, 3.8) is 0 Å². The van der Waals surface area contributed by atoms with E-state index >= 15 is 0 Å². The molecule has 0 aliphatic carbocycles. The van der Waals surface area contributed by atoms with Crippen LogP contribution in [0.2, 0.25) is 32.2 Å². The van der Waals surface area contributed by atoms with E-state index in [1.54, 1.807) is 0 Å². The van der Waals surface area contributed by atoms with E-state index in [2.05, 4.69) is 26.2 Å². The standard InChI is InChI=1S/C13H33N2OSi2/c1-17(16-18(2,3)4)12-10-8-6-5-7-9-11-13(14)15/h13H,5-12,14-15H2,1-4H3. The summed E-state index contributed by atoms with van der Waals surface area (Å²) < 4.78 is 6.12. The SMILES string of the molecule is C[Si](CCCCCCCCC(N)N)O[Si](C)(C)C. The van der Waals surface area contributed by atoms with Crippen LogP contribution in [0.5, 0.6) is 0 Å². The molecule has 0 saturated carbocycles. The van der Waals surface area contributed by atoms with E-state index in [1.165, 1.54) is 44.6 Å². The Kier molecular flexibility index (Phi) is 10.3. The first kappa shape index (κ1) is 18.3. The Morgan fingerprint density at radius 1 is 0.944 bits per heavy atom. The Morgan fingerprint density at radius 2 is 1.44 bits per heavy atom. The molecule has 0 saturated heterocycles. The van der Waals surface area contributed by atoms with E-state index in [1.807, 2.05) is 0 Å². The molecular formula is C13H33N2OSi2. The lowest BCUT2D eigenvalue weighted by atomic mass is 10.1. The zero-order chi connectivity index (χ0) is 14.0. The minimum absolute atomic E-state index is 0.117. The molecule has 0 aliphatic heterocycles. The van der Waals surface area contributed by atoms with Gasteiger partial charge in [0.25, 0.3) is 0 Å². The van der Waals surface area contributed by atoms with Gasteiger partial charge in [0.15, 0.2) is 17.4 Å². The fraction of sp³-hybridized carbons (Fsp3) is 1.00. The molecule has 0 aliphatic rings. The predicted molar refractivity (Wildman–Crippen MR) is 85.3 cm³/mol. The summed E-state index contributed by atoms with van der Waals surface area (Å²) in [6, 6.07) is 1.31. The van der Waals surface area contributed by atoms with Gasteiger partial charge in [-0.25, -0.2) is 0 Å². The normalized spacial score (nSPS) is 12.7. The first-order valence-corrected chi connectivity index (χ1v) is 12.9. The summed E-state index contributed by atoms with van der Waals surface area (Å²) in [4.78, 5) is 0. The van der Waals surface area contributed by atoms with Crippen molar-refractivity contribution >= 4 is 17.4 Å². The van der Waals surface area contributed by atoms with E-state index in [4.69, 9.17) is 15.6 Å². The Morgan fingerprint density at radius 3 is 1.94 bits per heavy atom. The van der Waals surface area contributed by atoms with E-state index in [0.717, 1.165) is 6.42 Å². The molecule has 0 atom stereocenters. The second kappa shape index (κ2) is 10.1. The summed E-state index contributed by atoms with van der Waals surface area (Å²) in [5.74, 6) is 0. The number of unbranched alkanes of at least 4 members (excludes halogenated alkanes) is 5. The van der Waals surface area contributed by atoms with Crippen molar-refractivity contribution in [2.75, 3.05) is 0 Å². The average molecular weight is 290 g/mol. The minimum Gasteiger partial charge on any atom is -0.456 e. The van der Waals surface area contributed by atoms with Crippen LogP contribution in [0.25, 0.3) is 0 Å². The Bertz CT molecular complexity index is 196. The summed E-state index contributed by atoms with van der Waals surface area (Å²) in [6.07, 6.45) is 8.67. The molecule has 0 spiro atoms. The van der Waals surface area contributed by atoms with Gasteiger partial charge in [-0.3, -0.25) is 0 Å². The van der Waals surface area contributed by atoms with E-state index in [0.29, 0.717) is 0 Å². The van der Waals surface area contributed by atoms with Crippen molar-refractivity contribution in [3.05, 3.63) is 0 Å². The molecule has 3 nitrogen and oxygen atoms in total. The molecule has 0 aromatic rings. The summed E-state index contributed by atoms with van der Waals surface area (Å²) in [6.45, 7) is 9.15. The Hall–Kier alpha value is 0.314. The van der Waals surface area contributed by atoms with Crippen LogP contribution in [0.4, 0.5) is 0 Å². The van der Waals surface area contributed by atoms with E-state index in [-0.39, 0.29) is 6.17 Å². The zero-order valence-corrected chi connectivity index (χ0v) is 14.8. The Labute approximate surface area is 117 Å². The predicted octanol–water partition coefficient (Wildman–Crippen LogP) is 3.43. The number of hydrogen-bond acceptors (Lipinski definition) is 3. The van der Waals surface area contributed by atoms with Gasteiger partial charge in [0.05, 0.1) is 6.17 Å². The van der Waals surface area contributed by atoms with Gasteiger partial charge in [-0.2, -0.15) is 0 Å². The fourth-order valence-electron chi connectivity index (χ4n) is 2.03. The number of hydrogen-bond donors (Lipinski definition) is 2. The summed E-state index contributed by atoms with van der Waals surface area (Å²) in [7, 11) is -1.82. The van der Waals surface area contributed by atoms with Crippen LogP contribution < -0.4 is 11.5 Å². The largest absolute Gasteiger partial charge is 0.456 e. The van der Waals surface area contributed by atoms with Crippen LogP contribution in [-0.4, -0.2) is 23.5 Å². The molecule has 0 amide bonds. The maximum atomic E-state index is 6.12. The lowest BCUT2D eigenvalue weighted by Gasteiger charge is -2.22. The zero-order valence-electron chi connectivity index (χ0n) is 12.8. The molecule has 5 heteroatoms. The Balaban J connectivity index is 3.25. The molecule has 0 bridgehead atoms. The van der Waals surface area contributed by atoms with Crippen LogP contribution in [0, 0.1) is 0 Å². The summed E-state index contributed by atoms with van der Waals surface area (Å²) in [5.41, 5.74) is 11.0. The molecule has 0 aromatic heterocycles. The summed E-state index contributed by atoms with van der Waals surface area (Å²) in [5, 5.41) is 0. The van der Waals surface area contributed by atoms with Gasteiger partial charge >= 0.3 is 0 Å². The smallest absolute Gasteiger partial charge is 0.194 e. The number of nitrogens with two attached hydrogens (primary N) is 2. The highest BCUT2D eigenvalue weighted by atomic mass is 28.4. The fourth-order valence-corrected chi connectivity index (χ4v) is 7.37. The van der Waals surface area contributed by atoms with Gasteiger partial charge in [-0.1, -0.05) is 38.5 Å². The van der Waals surface area contributed by atoms with Crippen molar-refractivity contribution in [2.24, 2.45) is 11.5 Å².